The van der Waals surface area contributed by atoms with Gasteiger partial charge in [0.1, 0.15) is 11.6 Å². The van der Waals surface area contributed by atoms with Gasteiger partial charge in [-0.05, 0) is 37.3 Å². The van der Waals surface area contributed by atoms with E-state index in [9.17, 15) is 18.0 Å². The number of aromatic nitrogens is 3. The zero-order valence-corrected chi connectivity index (χ0v) is 17.8. The molecule has 5 nitrogen and oxygen atoms in total. The van der Waals surface area contributed by atoms with Gasteiger partial charge in [0.05, 0.1) is 28.6 Å². The molecule has 2 heterocycles. The molecule has 0 saturated carbocycles. The first-order chi connectivity index (χ1) is 14.7. The fraction of sp³-hybridized carbons (Fsp3) is 0.190. The highest BCUT2D eigenvalue weighted by Gasteiger charge is 2.30. The number of benzene rings is 2. The Hall–Kier alpha value is -2.85. The minimum Gasteiger partial charge on any atom is -0.480 e. The molecule has 0 radical (unpaired) electrons. The number of alkyl halides is 3. The van der Waals surface area contributed by atoms with Crippen molar-refractivity contribution in [2.75, 3.05) is 0 Å². The molecule has 0 fully saturated rings. The quantitative estimate of drug-likeness (QED) is 0.363. The fourth-order valence-electron chi connectivity index (χ4n) is 3.04. The summed E-state index contributed by atoms with van der Waals surface area (Å²) in [5.74, 6) is -0.270. The number of carbonyl (C=O) groups is 1. The first-order valence-electron chi connectivity index (χ1n) is 9.14. The maximum Gasteiger partial charge on any atom is 0.416 e. The zero-order valence-electron chi connectivity index (χ0n) is 16.2. The normalized spacial score (nSPS) is 11.9. The number of aryl methyl sites for hydroxylation is 1. The van der Waals surface area contributed by atoms with Crippen LogP contribution < -0.4 is 0 Å². The maximum absolute atomic E-state index is 12.8. The van der Waals surface area contributed by atoms with E-state index in [0.717, 1.165) is 38.6 Å². The molecule has 0 aliphatic carbocycles. The van der Waals surface area contributed by atoms with Gasteiger partial charge in [-0.3, -0.25) is 4.79 Å². The van der Waals surface area contributed by atoms with Gasteiger partial charge in [0.2, 0.25) is 0 Å². The number of thiazole rings is 1. The predicted molar refractivity (Wildman–Crippen MR) is 114 cm³/mol. The van der Waals surface area contributed by atoms with Crippen LogP contribution in [0.15, 0.2) is 53.7 Å². The Morgan fingerprint density at radius 3 is 2.61 bits per heavy atom. The van der Waals surface area contributed by atoms with E-state index >= 15 is 0 Å². The molecule has 4 aromatic rings. The summed E-state index contributed by atoms with van der Waals surface area (Å²) in [5.41, 5.74) is 2.30. The van der Waals surface area contributed by atoms with Crippen molar-refractivity contribution in [1.82, 2.24) is 14.5 Å². The largest absolute Gasteiger partial charge is 0.480 e. The van der Waals surface area contributed by atoms with Crippen molar-refractivity contribution in [3.8, 4) is 10.6 Å². The Kier molecular flexibility index (Phi) is 5.76. The number of hydrogen-bond acceptors (Lipinski definition) is 5. The molecule has 160 valence electrons. The Morgan fingerprint density at radius 1 is 1.19 bits per heavy atom. The number of imidazole rings is 1. The number of rotatable bonds is 6. The van der Waals surface area contributed by atoms with E-state index in [-0.39, 0.29) is 6.54 Å². The monoisotopic (exact) mass is 463 g/mol. The molecule has 2 aromatic carbocycles. The van der Waals surface area contributed by atoms with E-state index in [1.54, 1.807) is 16.3 Å². The van der Waals surface area contributed by atoms with E-state index in [1.165, 1.54) is 29.8 Å². The van der Waals surface area contributed by atoms with Crippen molar-refractivity contribution in [2.45, 2.75) is 30.3 Å². The Balaban J connectivity index is 1.48. The molecule has 31 heavy (non-hydrogen) atoms. The van der Waals surface area contributed by atoms with Gasteiger partial charge in [-0.1, -0.05) is 12.1 Å². The molecule has 2 aromatic heterocycles. The van der Waals surface area contributed by atoms with E-state index in [0.29, 0.717) is 16.3 Å². The molecular weight excluding hydrogens is 447 g/mol. The predicted octanol–water partition coefficient (Wildman–Crippen LogP) is 5.86. The molecule has 0 spiro atoms. The Bertz CT molecular complexity index is 1250. The summed E-state index contributed by atoms with van der Waals surface area (Å²) in [6.45, 7) is 1.74. The number of fused-ring (bicyclic) bond motifs is 1. The van der Waals surface area contributed by atoms with Crippen molar-refractivity contribution in [1.29, 1.82) is 0 Å². The Morgan fingerprint density at radius 2 is 1.94 bits per heavy atom. The van der Waals surface area contributed by atoms with Gasteiger partial charge in [-0.15, -0.1) is 23.1 Å². The van der Waals surface area contributed by atoms with Gasteiger partial charge >= 0.3 is 12.1 Å². The summed E-state index contributed by atoms with van der Waals surface area (Å²) in [5, 5.41) is 9.65. The molecule has 4 rings (SSSR count). The third kappa shape index (κ3) is 4.75. The average molecular weight is 464 g/mol. The molecule has 0 saturated heterocycles. The fourth-order valence-corrected chi connectivity index (χ4v) is 5.18. The van der Waals surface area contributed by atoms with Crippen LogP contribution in [-0.4, -0.2) is 25.6 Å². The van der Waals surface area contributed by atoms with Gasteiger partial charge in [0.15, 0.2) is 0 Å². The smallest absolute Gasteiger partial charge is 0.416 e. The summed E-state index contributed by atoms with van der Waals surface area (Å²) >= 11 is 3.06. The van der Waals surface area contributed by atoms with Crippen LogP contribution in [0.3, 0.4) is 0 Å². The summed E-state index contributed by atoms with van der Waals surface area (Å²) in [4.78, 5) is 21.7. The molecular formula is C21H16F3N3O2S2. The number of hydrogen-bond donors (Lipinski definition) is 1. The van der Waals surface area contributed by atoms with Crippen molar-refractivity contribution < 1.29 is 23.1 Å². The second-order valence-corrected chi connectivity index (χ2v) is 8.94. The minimum atomic E-state index is -4.36. The summed E-state index contributed by atoms with van der Waals surface area (Å²) < 4.78 is 39.9. The van der Waals surface area contributed by atoms with Gasteiger partial charge in [-0.2, -0.15) is 13.2 Å². The summed E-state index contributed by atoms with van der Waals surface area (Å²) in [6, 6.07) is 10.7. The van der Waals surface area contributed by atoms with Crippen LogP contribution in [0.2, 0.25) is 0 Å². The molecule has 0 aliphatic rings. The van der Waals surface area contributed by atoms with Crippen LogP contribution in [0.25, 0.3) is 21.6 Å². The third-order valence-corrected chi connectivity index (χ3v) is 7.03. The highest BCUT2D eigenvalue weighted by Crippen LogP contribution is 2.35. The zero-order chi connectivity index (χ0) is 22.2. The van der Waals surface area contributed by atoms with Crippen LogP contribution in [0.5, 0.6) is 0 Å². The van der Waals surface area contributed by atoms with E-state index in [4.69, 9.17) is 5.11 Å². The summed E-state index contributed by atoms with van der Waals surface area (Å²) in [7, 11) is 0. The Labute approximate surface area is 183 Å². The molecule has 1 N–H and O–H groups in total. The van der Waals surface area contributed by atoms with Gasteiger partial charge in [-0.25, -0.2) is 9.97 Å². The highest BCUT2D eigenvalue weighted by atomic mass is 32.2. The minimum absolute atomic E-state index is 0.143. The van der Waals surface area contributed by atoms with E-state index in [1.807, 2.05) is 25.1 Å². The molecule has 0 atom stereocenters. The van der Waals surface area contributed by atoms with Crippen LogP contribution in [0.4, 0.5) is 13.2 Å². The SMILES string of the molecule is Cc1nc(-c2ccc(C(F)(F)F)cc2)sc1CSc1ccc2c(c1)ncn2CC(=O)O. The number of carboxylic acid groups (broad SMARTS) is 1. The lowest BCUT2D eigenvalue weighted by molar-refractivity contribution is -0.138. The molecule has 10 heteroatoms. The standard InChI is InChI=1S/C21H16F3N3O2S2/c1-12-18(31-20(26-12)13-2-4-14(5-3-13)21(22,23)24)10-30-15-6-7-17-16(8-15)25-11-27(17)9-19(28)29/h2-8,11H,9-10H2,1H3,(H,28,29). The first-order valence-corrected chi connectivity index (χ1v) is 10.9. The molecule has 0 bridgehead atoms. The molecule has 0 amide bonds. The molecule has 0 aliphatic heterocycles. The first kappa shape index (κ1) is 21.4. The van der Waals surface area contributed by atoms with Crippen molar-refractivity contribution in [3.63, 3.8) is 0 Å². The lowest BCUT2D eigenvalue weighted by Crippen LogP contribution is -2.07. The number of halogens is 3. The number of aliphatic carboxylic acids is 1. The topological polar surface area (TPSA) is 68.0 Å². The second-order valence-electron chi connectivity index (χ2n) is 6.81. The number of nitrogens with zero attached hydrogens (tertiary/aromatic N) is 3. The summed E-state index contributed by atoms with van der Waals surface area (Å²) in [6.07, 6.45) is -2.85. The second kappa shape index (κ2) is 8.35. The average Bonchev–Trinajstić information content (AvgIpc) is 3.28. The highest BCUT2D eigenvalue weighted by molar-refractivity contribution is 7.98. The van der Waals surface area contributed by atoms with Gasteiger partial charge in [0, 0.05) is 21.1 Å². The lowest BCUT2D eigenvalue weighted by Gasteiger charge is -2.06. The van der Waals surface area contributed by atoms with Gasteiger partial charge in [0.25, 0.3) is 0 Å². The van der Waals surface area contributed by atoms with Crippen molar-refractivity contribution >= 4 is 40.1 Å². The number of carboxylic acids is 1. The van der Waals surface area contributed by atoms with Crippen LogP contribution >= 0.6 is 23.1 Å². The van der Waals surface area contributed by atoms with Crippen molar-refractivity contribution in [3.05, 3.63) is 64.9 Å². The van der Waals surface area contributed by atoms with Crippen molar-refractivity contribution in [2.24, 2.45) is 0 Å². The maximum atomic E-state index is 12.8. The van der Waals surface area contributed by atoms with Crippen LogP contribution in [0.1, 0.15) is 16.1 Å². The molecule has 0 unspecified atom stereocenters. The van der Waals surface area contributed by atoms with Gasteiger partial charge < -0.3 is 9.67 Å². The third-order valence-electron chi connectivity index (χ3n) is 4.62. The number of thioether (sulfide) groups is 1. The van der Waals surface area contributed by atoms with Crippen LogP contribution in [0, 0.1) is 6.92 Å². The van der Waals surface area contributed by atoms with E-state index < -0.39 is 17.7 Å². The lowest BCUT2D eigenvalue weighted by atomic mass is 10.1. The van der Waals surface area contributed by atoms with E-state index in [2.05, 4.69) is 9.97 Å². The van der Waals surface area contributed by atoms with Crippen LogP contribution in [-0.2, 0) is 23.3 Å².